The second kappa shape index (κ2) is 4.98. The second-order valence-corrected chi connectivity index (χ2v) is 10.3. The van der Waals surface area contributed by atoms with Gasteiger partial charge in [0.25, 0.3) is 0 Å². The van der Waals surface area contributed by atoms with Gasteiger partial charge in [-0.15, -0.1) is 11.6 Å². The van der Waals surface area contributed by atoms with E-state index in [2.05, 4.69) is 13.8 Å². The summed E-state index contributed by atoms with van der Waals surface area (Å²) in [7, 11) is 0. The van der Waals surface area contributed by atoms with Gasteiger partial charge in [-0.2, -0.15) is 0 Å². The Kier molecular flexibility index (Phi) is 3.59. The Hall–Kier alpha value is -0.120. The predicted octanol–water partition coefficient (Wildman–Crippen LogP) is 3.68. The number of hydrogen-bond donors (Lipinski definition) is 2. The van der Waals surface area contributed by atoms with Gasteiger partial charge in [-0.25, -0.2) is 0 Å². The Labute approximate surface area is 150 Å². The average Bonchev–Trinajstić information content (AvgIpc) is 2.69. The van der Waals surface area contributed by atoms with Gasteiger partial charge in [0.15, 0.2) is 0 Å². The summed E-state index contributed by atoms with van der Waals surface area (Å²) in [5.41, 5.74) is -2.22. The van der Waals surface area contributed by atoms with Crippen LogP contribution >= 0.6 is 11.6 Å². The molecule has 0 aromatic rings. The lowest BCUT2D eigenvalue weighted by Crippen LogP contribution is -2.58. The predicted molar refractivity (Wildman–Crippen MR) is 93.9 cm³/mol. The van der Waals surface area contributed by atoms with Gasteiger partial charge in [0, 0.05) is 5.41 Å². The molecule has 0 saturated heterocycles. The average molecular weight is 355 g/mol. The highest BCUT2D eigenvalue weighted by molar-refractivity contribution is 6.18. The van der Waals surface area contributed by atoms with Crippen molar-refractivity contribution in [1.82, 2.24) is 0 Å². The maximum absolute atomic E-state index is 11.9. The van der Waals surface area contributed by atoms with Crippen molar-refractivity contribution in [1.29, 1.82) is 0 Å². The minimum absolute atomic E-state index is 0.00300. The van der Waals surface area contributed by atoms with E-state index in [0.29, 0.717) is 31.1 Å². The van der Waals surface area contributed by atoms with E-state index in [4.69, 9.17) is 11.6 Å². The molecule has 0 unspecified atom stereocenters. The van der Waals surface area contributed by atoms with Crippen LogP contribution in [0.2, 0.25) is 0 Å². The summed E-state index contributed by atoms with van der Waals surface area (Å²) in [5, 5.41) is 22.2. The number of aldehydes is 1. The lowest BCUT2D eigenvalue weighted by atomic mass is 9.41. The van der Waals surface area contributed by atoms with Crippen molar-refractivity contribution in [3.63, 3.8) is 0 Å². The van der Waals surface area contributed by atoms with Gasteiger partial charge in [-0.05, 0) is 74.0 Å². The van der Waals surface area contributed by atoms with Crippen molar-refractivity contribution in [3.8, 4) is 0 Å². The number of hydrogen-bond acceptors (Lipinski definition) is 3. The summed E-state index contributed by atoms with van der Waals surface area (Å²) in [4.78, 5) is 11.9. The van der Waals surface area contributed by atoms with E-state index in [9.17, 15) is 15.0 Å². The Morgan fingerprint density at radius 2 is 1.75 bits per heavy atom. The monoisotopic (exact) mass is 354 g/mol. The number of alkyl halides is 1. The number of rotatable bonds is 2. The highest BCUT2D eigenvalue weighted by atomic mass is 35.5. The van der Waals surface area contributed by atoms with E-state index in [-0.39, 0.29) is 22.1 Å². The molecule has 0 heterocycles. The minimum Gasteiger partial charge on any atom is -0.387 e. The van der Waals surface area contributed by atoms with Crippen LogP contribution in [0.25, 0.3) is 0 Å². The van der Waals surface area contributed by atoms with Crippen molar-refractivity contribution < 1.29 is 15.0 Å². The Morgan fingerprint density at radius 1 is 1.04 bits per heavy atom. The summed E-state index contributed by atoms with van der Waals surface area (Å²) in [6, 6.07) is 0. The van der Waals surface area contributed by atoms with Crippen molar-refractivity contribution >= 4 is 17.9 Å². The molecule has 136 valence electrons. The standard InChI is InChI=1S/C20H31ClO3/c1-16(13-22)6-3-7-17(2)14(16)4-8-18-10-19(23,9-5-15(17)18)20(24,11-18)12-21/h13-15,23-24H,3-12H2,1-2H3/t14-,15-,16+,17-,18+,19+,20-/m1/s1. The third-order valence-corrected chi connectivity index (χ3v) is 9.42. The highest BCUT2D eigenvalue weighted by Gasteiger charge is 2.71. The van der Waals surface area contributed by atoms with E-state index in [1.54, 1.807) is 0 Å². The lowest BCUT2D eigenvalue weighted by Gasteiger charge is -2.63. The molecule has 4 aliphatic carbocycles. The summed E-state index contributed by atoms with van der Waals surface area (Å²) in [6.07, 6.45) is 9.48. The van der Waals surface area contributed by atoms with Crippen molar-refractivity contribution in [2.45, 2.75) is 82.8 Å². The molecule has 2 N–H and O–H groups in total. The Balaban J connectivity index is 1.75. The first kappa shape index (κ1) is 17.3. The zero-order chi connectivity index (χ0) is 17.4. The normalized spacial score (nSPS) is 59.5. The fraction of sp³-hybridized carbons (Fsp3) is 0.950. The molecule has 4 aliphatic rings. The molecule has 0 aliphatic heterocycles. The molecule has 4 heteroatoms. The smallest absolute Gasteiger partial charge is 0.126 e. The van der Waals surface area contributed by atoms with Crippen LogP contribution in [-0.4, -0.2) is 33.6 Å². The molecule has 0 aromatic carbocycles. The van der Waals surface area contributed by atoms with Gasteiger partial charge in [0.2, 0.25) is 0 Å². The van der Waals surface area contributed by atoms with Crippen LogP contribution in [0.1, 0.15) is 71.6 Å². The molecule has 0 radical (unpaired) electrons. The number of halogens is 1. The van der Waals surface area contributed by atoms with Crippen LogP contribution in [0.4, 0.5) is 0 Å². The van der Waals surface area contributed by atoms with Crippen molar-refractivity contribution in [2.75, 3.05) is 5.88 Å². The third-order valence-electron chi connectivity index (χ3n) is 8.98. The molecule has 24 heavy (non-hydrogen) atoms. The summed E-state index contributed by atoms with van der Waals surface area (Å²) < 4.78 is 0. The zero-order valence-electron chi connectivity index (χ0n) is 15.0. The molecule has 0 amide bonds. The summed E-state index contributed by atoms with van der Waals surface area (Å²) in [5.74, 6) is 1.04. The highest BCUT2D eigenvalue weighted by Crippen LogP contribution is 2.73. The van der Waals surface area contributed by atoms with Gasteiger partial charge >= 0.3 is 0 Å². The molecule has 1 spiro atoms. The molecule has 4 fully saturated rings. The van der Waals surface area contributed by atoms with Crippen LogP contribution in [0.3, 0.4) is 0 Å². The molecule has 0 aromatic heterocycles. The first-order valence-electron chi connectivity index (χ1n) is 9.64. The van der Waals surface area contributed by atoms with Crippen LogP contribution in [-0.2, 0) is 4.79 Å². The SMILES string of the molecule is C[C@@]12CCC[C@@](C)(C=O)[C@H]1CC[C@]13C[C@@](O)(CCl)[C@](O)(CC[C@@H]12)C3. The first-order valence-corrected chi connectivity index (χ1v) is 10.2. The van der Waals surface area contributed by atoms with Crippen LogP contribution < -0.4 is 0 Å². The van der Waals surface area contributed by atoms with E-state index in [1.807, 2.05) is 0 Å². The largest absolute Gasteiger partial charge is 0.387 e. The van der Waals surface area contributed by atoms with E-state index < -0.39 is 11.2 Å². The van der Waals surface area contributed by atoms with Gasteiger partial charge < -0.3 is 15.0 Å². The van der Waals surface area contributed by atoms with Gasteiger partial charge in [-0.1, -0.05) is 20.3 Å². The van der Waals surface area contributed by atoms with Gasteiger partial charge in [0.1, 0.15) is 11.9 Å². The van der Waals surface area contributed by atoms with Crippen LogP contribution in [0.15, 0.2) is 0 Å². The molecule has 4 saturated carbocycles. The Bertz CT molecular complexity index is 565. The van der Waals surface area contributed by atoms with Gasteiger partial charge in [-0.3, -0.25) is 0 Å². The van der Waals surface area contributed by atoms with Crippen molar-refractivity contribution in [2.24, 2.45) is 28.1 Å². The fourth-order valence-electron chi connectivity index (χ4n) is 7.97. The maximum Gasteiger partial charge on any atom is 0.126 e. The maximum atomic E-state index is 11.9. The second-order valence-electron chi connectivity index (χ2n) is 10.1. The summed E-state index contributed by atoms with van der Waals surface area (Å²) in [6.45, 7) is 4.55. The molecule has 4 rings (SSSR count). The molecule has 7 atom stereocenters. The Morgan fingerprint density at radius 3 is 2.42 bits per heavy atom. The third kappa shape index (κ3) is 1.90. The number of carbonyl (C=O) groups is 1. The minimum atomic E-state index is -1.14. The fourth-order valence-corrected chi connectivity index (χ4v) is 8.31. The van der Waals surface area contributed by atoms with Gasteiger partial charge in [0.05, 0.1) is 11.5 Å². The molecular formula is C20H31ClO3. The van der Waals surface area contributed by atoms with E-state index >= 15 is 0 Å². The number of fused-ring (bicyclic) bond motifs is 3. The number of carbonyl (C=O) groups excluding carboxylic acids is 1. The quantitative estimate of drug-likeness (QED) is 0.587. The molecule has 3 nitrogen and oxygen atoms in total. The summed E-state index contributed by atoms with van der Waals surface area (Å²) >= 11 is 6.12. The topological polar surface area (TPSA) is 57.5 Å². The van der Waals surface area contributed by atoms with E-state index in [0.717, 1.165) is 32.1 Å². The number of aliphatic hydroxyl groups is 2. The molecular weight excluding hydrogens is 324 g/mol. The van der Waals surface area contributed by atoms with Crippen LogP contribution in [0, 0.1) is 28.1 Å². The van der Waals surface area contributed by atoms with E-state index in [1.165, 1.54) is 12.7 Å². The zero-order valence-corrected chi connectivity index (χ0v) is 15.7. The van der Waals surface area contributed by atoms with Crippen LogP contribution in [0.5, 0.6) is 0 Å². The van der Waals surface area contributed by atoms with Crippen molar-refractivity contribution in [3.05, 3.63) is 0 Å². The first-order chi connectivity index (χ1) is 11.2. The lowest BCUT2D eigenvalue weighted by molar-refractivity contribution is -0.171. The molecule has 2 bridgehead atoms.